The van der Waals surface area contributed by atoms with Gasteiger partial charge in [0.2, 0.25) is 0 Å². The summed E-state index contributed by atoms with van der Waals surface area (Å²) in [5.41, 5.74) is 0. The normalized spacial score (nSPS) is 12.6. The second kappa shape index (κ2) is 7.59. The molecule has 0 saturated heterocycles. The lowest BCUT2D eigenvalue weighted by Gasteiger charge is -2.11. The summed E-state index contributed by atoms with van der Waals surface area (Å²) in [7, 11) is 0. The van der Waals surface area contributed by atoms with E-state index < -0.39 is 0 Å². The van der Waals surface area contributed by atoms with Crippen molar-refractivity contribution < 1.29 is 9.53 Å². The molecule has 12 heavy (non-hydrogen) atoms. The van der Waals surface area contributed by atoms with Gasteiger partial charge in [-0.2, -0.15) is 0 Å². The molecule has 0 heterocycles. The van der Waals surface area contributed by atoms with Gasteiger partial charge in [0.05, 0.1) is 12.5 Å². The fourth-order valence-electron chi connectivity index (χ4n) is 0.941. The minimum atomic E-state index is -0.0428. The fraction of sp³-hybridized carbons (Fsp3) is 0.889. The van der Waals surface area contributed by atoms with Gasteiger partial charge in [-0.1, -0.05) is 29.8 Å². The van der Waals surface area contributed by atoms with Gasteiger partial charge < -0.3 is 4.74 Å². The Hall–Kier alpha value is -0.0500. The summed E-state index contributed by atoms with van der Waals surface area (Å²) in [5, 5.41) is 0.868. The van der Waals surface area contributed by atoms with Crippen molar-refractivity contribution in [2.45, 2.75) is 33.1 Å². The molecule has 0 radical (unpaired) electrons. The summed E-state index contributed by atoms with van der Waals surface area (Å²) in [6.45, 7) is 4.57. The van der Waals surface area contributed by atoms with Crippen molar-refractivity contribution in [2.24, 2.45) is 5.92 Å². The smallest absolute Gasteiger partial charge is 0.308 e. The van der Waals surface area contributed by atoms with Gasteiger partial charge in [-0.25, -0.2) is 0 Å². The predicted octanol–water partition coefficient (Wildman–Crippen LogP) is 2.75. The zero-order valence-corrected chi connectivity index (χ0v) is 9.39. The first-order chi connectivity index (χ1) is 5.76. The first-order valence-corrected chi connectivity index (χ1v) is 5.61. The zero-order chi connectivity index (χ0) is 9.40. The summed E-state index contributed by atoms with van der Waals surface area (Å²) in [6.07, 6.45) is 2.64. The van der Waals surface area contributed by atoms with Crippen LogP contribution in [-0.4, -0.2) is 17.9 Å². The Balaban J connectivity index is 3.69. The third kappa shape index (κ3) is 4.75. The van der Waals surface area contributed by atoms with Crippen LogP contribution in [0.5, 0.6) is 0 Å². The van der Waals surface area contributed by atoms with Gasteiger partial charge in [0.1, 0.15) is 0 Å². The minimum Gasteiger partial charge on any atom is -0.465 e. The van der Waals surface area contributed by atoms with E-state index in [4.69, 9.17) is 4.74 Å². The topological polar surface area (TPSA) is 26.3 Å². The van der Waals surface area contributed by atoms with Crippen molar-refractivity contribution in [1.29, 1.82) is 0 Å². The highest BCUT2D eigenvalue weighted by Gasteiger charge is 2.16. The molecule has 0 aromatic rings. The van der Waals surface area contributed by atoms with Gasteiger partial charge in [-0.15, -0.1) is 0 Å². The van der Waals surface area contributed by atoms with Gasteiger partial charge in [-0.3, -0.25) is 4.79 Å². The second-order valence-corrected chi connectivity index (χ2v) is 3.54. The zero-order valence-electron chi connectivity index (χ0n) is 7.81. The van der Waals surface area contributed by atoms with Crippen LogP contribution in [0, 0.1) is 5.92 Å². The number of esters is 1. The highest BCUT2D eigenvalue weighted by molar-refractivity contribution is 9.09. The average molecular weight is 237 g/mol. The van der Waals surface area contributed by atoms with Crippen molar-refractivity contribution in [2.75, 3.05) is 11.9 Å². The Morgan fingerprint density at radius 3 is 2.58 bits per heavy atom. The SMILES string of the molecule is CCCOC(=O)C(CC)CCBr. The van der Waals surface area contributed by atoms with Gasteiger partial charge in [-0.05, 0) is 19.3 Å². The van der Waals surface area contributed by atoms with E-state index in [-0.39, 0.29) is 11.9 Å². The minimum absolute atomic E-state index is 0.0428. The fourth-order valence-corrected chi connectivity index (χ4v) is 1.49. The maximum Gasteiger partial charge on any atom is 0.308 e. The molecule has 0 aromatic heterocycles. The van der Waals surface area contributed by atoms with Crippen molar-refractivity contribution in [3.8, 4) is 0 Å². The highest BCUT2D eigenvalue weighted by Crippen LogP contribution is 2.11. The molecule has 2 nitrogen and oxygen atoms in total. The van der Waals surface area contributed by atoms with E-state index in [0.29, 0.717) is 6.61 Å². The van der Waals surface area contributed by atoms with E-state index in [1.165, 1.54) is 0 Å². The molecule has 0 spiro atoms. The summed E-state index contributed by atoms with van der Waals surface area (Å²) < 4.78 is 5.04. The third-order valence-electron chi connectivity index (χ3n) is 1.73. The van der Waals surface area contributed by atoms with Crippen LogP contribution >= 0.6 is 15.9 Å². The second-order valence-electron chi connectivity index (χ2n) is 2.75. The van der Waals surface area contributed by atoms with Crippen molar-refractivity contribution in [3.05, 3.63) is 0 Å². The molecule has 1 atom stereocenters. The molecule has 0 bridgehead atoms. The average Bonchev–Trinajstić information content (AvgIpc) is 2.10. The molecular formula is C9H17BrO2. The van der Waals surface area contributed by atoms with E-state index in [0.717, 1.165) is 24.6 Å². The number of hydrogen-bond donors (Lipinski definition) is 0. The van der Waals surface area contributed by atoms with Crippen molar-refractivity contribution in [1.82, 2.24) is 0 Å². The largest absolute Gasteiger partial charge is 0.465 e. The lowest BCUT2D eigenvalue weighted by molar-refractivity contribution is -0.148. The van der Waals surface area contributed by atoms with E-state index in [2.05, 4.69) is 15.9 Å². The van der Waals surface area contributed by atoms with Crippen LogP contribution < -0.4 is 0 Å². The Kier molecular flexibility index (Phi) is 7.56. The van der Waals surface area contributed by atoms with Gasteiger partial charge in [0.15, 0.2) is 0 Å². The monoisotopic (exact) mass is 236 g/mol. The molecule has 1 unspecified atom stereocenters. The lowest BCUT2D eigenvalue weighted by Crippen LogP contribution is -2.17. The maximum absolute atomic E-state index is 11.3. The standard InChI is InChI=1S/C9H17BrO2/c1-3-7-12-9(11)8(4-2)5-6-10/h8H,3-7H2,1-2H3. The van der Waals surface area contributed by atoms with E-state index in [1.807, 2.05) is 13.8 Å². The Labute approximate surface area is 82.8 Å². The predicted molar refractivity (Wildman–Crippen MR) is 53.4 cm³/mol. The third-order valence-corrected chi connectivity index (χ3v) is 2.19. The first-order valence-electron chi connectivity index (χ1n) is 4.48. The molecule has 0 fully saturated rings. The summed E-state index contributed by atoms with van der Waals surface area (Å²) in [5.74, 6) is 0.0368. The summed E-state index contributed by atoms with van der Waals surface area (Å²) in [6, 6.07) is 0. The van der Waals surface area contributed by atoms with Crippen LogP contribution in [0.1, 0.15) is 33.1 Å². The molecule has 0 amide bonds. The molecule has 0 rings (SSSR count). The molecule has 0 N–H and O–H groups in total. The van der Waals surface area contributed by atoms with Gasteiger partial charge in [0, 0.05) is 5.33 Å². The Bertz CT molecular complexity index is 126. The molecular weight excluding hydrogens is 220 g/mol. The number of halogens is 1. The molecule has 0 aliphatic heterocycles. The van der Waals surface area contributed by atoms with E-state index >= 15 is 0 Å². The molecule has 0 aliphatic rings. The van der Waals surface area contributed by atoms with Crippen LogP contribution in [0.4, 0.5) is 0 Å². The Morgan fingerprint density at radius 2 is 2.17 bits per heavy atom. The lowest BCUT2D eigenvalue weighted by atomic mass is 10.0. The summed E-state index contributed by atoms with van der Waals surface area (Å²) >= 11 is 3.32. The highest BCUT2D eigenvalue weighted by atomic mass is 79.9. The Morgan fingerprint density at radius 1 is 1.50 bits per heavy atom. The number of carbonyl (C=O) groups excluding carboxylic acids is 1. The van der Waals surface area contributed by atoms with E-state index in [9.17, 15) is 4.79 Å². The number of hydrogen-bond acceptors (Lipinski definition) is 2. The molecule has 0 saturated carbocycles. The van der Waals surface area contributed by atoms with Crippen molar-refractivity contribution in [3.63, 3.8) is 0 Å². The van der Waals surface area contributed by atoms with Crippen LogP contribution in [0.25, 0.3) is 0 Å². The molecule has 72 valence electrons. The molecule has 3 heteroatoms. The van der Waals surface area contributed by atoms with Crippen LogP contribution in [0.15, 0.2) is 0 Å². The van der Waals surface area contributed by atoms with Crippen LogP contribution in [0.2, 0.25) is 0 Å². The van der Waals surface area contributed by atoms with Gasteiger partial charge >= 0.3 is 5.97 Å². The van der Waals surface area contributed by atoms with Crippen LogP contribution in [-0.2, 0) is 9.53 Å². The van der Waals surface area contributed by atoms with Crippen molar-refractivity contribution >= 4 is 21.9 Å². The number of ether oxygens (including phenoxy) is 1. The van der Waals surface area contributed by atoms with Gasteiger partial charge in [0.25, 0.3) is 0 Å². The molecule has 0 aliphatic carbocycles. The van der Waals surface area contributed by atoms with Crippen LogP contribution in [0.3, 0.4) is 0 Å². The quantitative estimate of drug-likeness (QED) is 0.524. The maximum atomic E-state index is 11.3. The molecule has 0 aromatic carbocycles. The number of alkyl halides is 1. The number of carbonyl (C=O) groups is 1. The van der Waals surface area contributed by atoms with E-state index in [1.54, 1.807) is 0 Å². The summed E-state index contributed by atoms with van der Waals surface area (Å²) in [4.78, 5) is 11.3. The number of rotatable bonds is 6. The first kappa shape index (κ1) is 11.9.